The summed E-state index contributed by atoms with van der Waals surface area (Å²) in [7, 11) is 0. The SMILES string of the molecule is O=C1C2CCCC2N(C(=O)CCn2ccnc2)c2ccccc2N1Cc1ccccc1. The fraction of sp³-hybridized carbons (Fsp3) is 0.320. The lowest BCUT2D eigenvalue weighted by Crippen LogP contribution is -2.45. The minimum Gasteiger partial charge on any atom is -0.337 e. The number of imidazole rings is 1. The van der Waals surface area contributed by atoms with Crippen molar-refractivity contribution in [3.05, 3.63) is 78.9 Å². The van der Waals surface area contributed by atoms with E-state index in [1.54, 1.807) is 12.5 Å². The number of hydrogen-bond acceptors (Lipinski definition) is 3. The molecule has 31 heavy (non-hydrogen) atoms. The van der Waals surface area contributed by atoms with Gasteiger partial charge in [0.15, 0.2) is 0 Å². The van der Waals surface area contributed by atoms with Crippen LogP contribution in [0.15, 0.2) is 73.3 Å². The summed E-state index contributed by atoms with van der Waals surface area (Å²) in [6.07, 6.45) is 8.35. The number of aromatic nitrogens is 2. The lowest BCUT2D eigenvalue weighted by atomic mass is 10.0. The summed E-state index contributed by atoms with van der Waals surface area (Å²) >= 11 is 0. The molecule has 1 aliphatic carbocycles. The van der Waals surface area contributed by atoms with Crippen molar-refractivity contribution in [2.75, 3.05) is 9.80 Å². The van der Waals surface area contributed by atoms with Gasteiger partial charge in [0.1, 0.15) is 0 Å². The average Bonchev–Trinajstić information content (AvgIpc) is 3.48. The maximum Gasteiger partial charge on any atom is 0.232 e. The van der Waals surface area contributed by atoms with E-state index in [2.05, 4.69) is 4.98 Å². The number of fused-ring (bicyclic) bond motifs is 2. The first-order chi connectivity index (χ1) is 15.2. The van der Waals surface area contributed by atoms with Crippen LogP contribution in [0.5, 0.6) is 0 Å². The molecular weight excluding hydrogens is 388 g/mol. The van der Waals surface area contributed by atoms with Crippen molar-refractivity contribution in [1.29, 1.82) is 0 Å². The van der Waals surface area contributed by atoms with Gasteiger partial charge in [-0.2, -0.15) is 0 Å². The van der Waals surface area contributed by atoms with E-state index in [0.29, 0.717) is 19.5 Å². The lowest BCUT2D eigenvalue weighted by Gasteiger charge is -2.30. The van der Waals surface area contributed by atoms with Gasteiger partial charge < -0.3 is 14.4 Å². The molecule has 2 aliphatic rings. The van der Waals surface area contributed by atoms with Crippen LogP contribution in [-0.4, -0.2) is 27.4 Å². The van der Waals surface area contributed by atoms with Crippen LogP contribution in [0.1, 0.15) is 31.2 Å². The zero-order valence-corrected chi connectivity index (χ0v) is 17.4. The Morgan fingerprint density at radius 2 is 1.77 bits per heavy atom. The number of nitrogens with zero attached hydrogens (tertiary/aromatic N) is 4. The summed E-state index contributed by atoms with van der Waals surface area (Å²) < 4.78 is 1.92. The zero-order chi connectivity index (χ0) is 21.2. The average molecular weight is 415 g/mol. The standard InChI is InChI=1S/C25H26N4O2/c30-24(13-15-27-16-14-26-18-27)29-21-12-6-9-20(21)25(31)28(17-19-7-2-1-3-8-19)22-10-4-5-11-23(22)29/h1-5,7-8,10-11,14,16,18,20-21H,6,9,12-13,15,17H2. The molecule has 5 rings (SSSR count). The van der Waals surface area contributed by atoms with Crippen LogP contribution in [0, 0.1) is 5.92 Å². The molecule has 2 heterocycles. The number of carbonyl (C=O) groups is 2. The minimum absolute atomic E-state index is 0.0624. The second-order valence-corrected chi connectivity index (χ2v) is 8.32. The van der Waals surface area contributed by atoms with Gasteiger partial charge in [0, 0.05) is 31.4 Å². The number of hydrogen-bond donors (Lipinski definition) is 0. The number of aryl methyl sites for hydroxylation is 1. The molecule has 2 amide bonds. The van der Waals surface area contributed by atoms with Gasteiger partial charge >= 0.3 is 0 Å². The lowest BCUT2D eigenvalue weighted by molar-refractivity contribution is -0.123. The summed E-state index contributed by atoms with van der Waals surface area (Å²) in [6, 6.07) is 17.8. The van der Waals surface area contributed by atoms with Crippen LogP contribution < -0.4 is 9.80 Å². The molecule has 2 unspecified atom stereocenters. The highest BCUT2D eigenvalue weighted by atomic mass is 16.2. The fourth-order valence-electron chi connectivity index (χ4n) is 4.94. The molecule has 1 fully saturated rings. The van der Waals surface area contributed by atoms with Gasteiger partial charge in [0.25, 0.3) is 0 Å². The number of rotatable bonds is 5. The Bertz CT molecular complexity index is 1060. The Balaban J connectivity index is 1.52. The molecule has 6 heteroatoms. The third-order valence-electron chi connectivity index (χ3n) is 6.42. The molecule has 2 atom stereocenters. The van der Waals surface area contributed by atoms with Crippen LogP contribution in [0.3, 0.4) is 0 Å². The first kappa shape index (κ1) is 19.5. The first-order valence-corrected chi connectivity index (χ1v) is 10.9. The number of amides is 2. The fourth-order valence-corrected chi connectivity index (χ4v) is 4.94. The highest BCUT2D eigenvalue weighted by Gasteiger charge is 2.45. The van der Waals surface area contributed by atoms with Gasteiger partial charge in [-0.15, -0.1) is 0 Å². The van der Waals surface area contributed by atoms with E-state index in [4.69, 9.17) is 0 Å². The molecule has 1 aromatic heterocycles. The third-order valence-corrected chi connectivity index (χ3v) is 6.42. The van der Waals surface area contributed by atoms with E-state index >= 15 is 0 Å². The van der Waals surface area contributed by atoms with Crippen LogP contribution in [0.4, 0.5) is 11.4 Å². The second kappa shape index (κ2) is 8.38. The van der Waals surface area contributed by atoms with E-state index in [1.807, 2.05) is 75.2 Å². The smallest absolute Gasteiger partial charge is 0.232 e. The van der Waals surface area contributed by atoms with Crippen LogP contribution in [-0.2, 0) is 22.7 Å². The quantitative estimate of drug-likeness (QED) is 0.634. The molecule has 0 bridgehead atoms. The number of carbonyl (C=O) groups excluding carboxylic acids is 2. The number of benzene rings is 2. The predicted octanol–water partition coefficient (Wildman–Crippen LogP) is 4.02. The summed E-state index contributed by atoms with van der Waals surface area (Å²) in [5.41, 5.74) is 2.75. The van der Waals surface area contributed by atoms with E-state index in [1.165, 1.54) is 0 Å². The molecule has 0 spiro atoms. The highest BCUT2D eigenvalue weighted by molar-refractivity contribution is 6.06. The third kappa shape index (κ3) is 3.74. The van der Waals surface area contributed by atoms with Gasteiger partial charge in [-0.3, -0.25) is 9.59 Å². The minimum atomic E-state index is -0.159. The van der Waals surface area contributed by atoms with Crippen LogP contribution in [0.2, 0.25) is 0 Å². The summed E-state index contributed by atoms with van der Waals surface area (Å²) in [5, 5.41) is 0. The zero-order valence-electron chi connectivity index (χ0n) is 17.4. The number of para-hydroxylation sites is 2. The van der Waals surface area contributed by atoms with Gasteiger partial charge in [0.05, 0.1) is 30.2 Å². The molecule has 2 aromatic carbocycles. The maximum atomic E-state index is 13.7. The molecule has 0 saturated heterocycles. The first-order valence-electron chi connectivity index (χ1n) is 10.9. The van der Waals surface area contributed by atoms with Crippen molar-refractivity contribution in [3.63, 3.8) is 0 Å². The Morgan fingerprint density at radius 1 is 1.00 bits per heavy atom. The summed E-state index contributed by atoms with van der Waals surface area (Å²) in [5.74, 6) is 0.0319. The normalized spacial score (nSPS) is 20.3. The molecule has 0 radical (unpaired) electrons. The Hall–Kier alpha value is -3.41. The molecular formula is C25H26N4O2. The van der Waals surface area contributed by atoms with Crippen molar-refractivity contribution in [2.24, 2.45) is 5.92 Å². The van der Waals surface area contributed by atoms with Crippen molar-refractivity contribution < 1.29 is 9.59 Å². The predicted molar refractivity (Wildman–Crippen MR) is 120 cm³/mol. The molecule has 1 saturated carbocycles. The van der Waals surface area contributed by atoms with Gasteiger partial charge in [-0.05, 0) is 30.5 Å². The van der Waals surface area contributed by atoms with E-state index in [0.717, 1.165) is 36.2 Å². The van der Waals surface area contributed by atoms with Crippen molar-refractivity contribution >= 4 is 23.2 Å². The van der Waals surface area contributed by atoms with Crippen molar-refractivity contribution in [2.45, 2.75) is 44.8 Å². The van der Waals surface area contributed by atoms with Crippen LogP contribution >= 0.6 is 0 Å². The molecule has 158 valence electrons. The topological polar surface area (TPSA) is 58.4 Å². The summed E-state index contributed by atoms with van der Waals surface area (Å²) in [4.78, 5) is 35.0. The Labute approximate surface area is 182 Å². The van der Waals surface area contributed by atoms with E-state index < -0.39 is 0 Å². The second-order valence-electron chi connectivity index (χ2n) is 8.32. The largest absolute Gasteiger partial charge is 0.337 e. The summed E-state index contributed by atoms with van der Waals surface area (Å²) in [6.45, 7) is 1.09. The Morgan fingerprint density at radius 3 is 2.55 bits per heavy atom. The van der Waals surface area contributed by atoms with Crippen molar-refractivity contribution in [1.82, 2.24) is 9.55 Å². The Kier molecular flexibility index (Phi) is 5.28. The maximum absolute atomic E-state index is 13.7. The molecule has 3 aromatic rings. The monoisotopic (exact) mass is 414 g/mol. The van der Waals surface area contributed by atoms with Gasteiger partial charge in [0.2, 0.25) is 11.8 Å². The molecule has 0 N–H and O–H groups in total. The van der Waals surface area contributed by atoms with Crippen LogP contribution in [0.25, 0.3) is 0 Å². The van der Waals surface area contributed by atoms with E-state index in [9.17, 15) is 9.59 Å². The van der Waals surface area contributed by atoms with Gasteiger partial charge in [-0.25, -0.2) is 4.98 Å². The highest BCUT2D eigenvalue weighted by Crippen LogP contribution is 2.43. The van der Waals surface area contributed by atoms with E-state index in [-0.39, 0.29) is 23.8 Å². The van der Waals surface area contributed by atoms with Crippen molar-refractivity contribution in [3.8, 4) is 0 Å². The number of anilines is 2. The molecule has 1 aliphatic heterocycles. The molecule has 6 nitrogen and oxygen atoms in total. The van der Waals surface area contributed by atoms with Gasteiger partial charge in [-0.1, -0.05) is 48.9 Å².